The molecule has 9 rings (SSSR count). The molecule has 22 heteroatoms. The van der Waals surface area contributed by atoms with E-state index in [0.717, 1.165) is 22.3 Å². The van der Waals surface area contributed by atoms with E-state index < -0.39 is 82.8 Å². The van der Waals surface area contributed by atoms with Gasteiger partial charge in [0.25, 0.3) is 10.9 Å². The monoisotopic (exact) mass is 1230 g/mol. The molecule has 4 fully saturated rings. The normalized spacial score (nSPS) is 22.1. The highest BCUT2D eigenvalue weighted by Gasteiger charge is 2.50. The van der Waals surface area contributed by atoms with Crippen molar-refractivity contribution in [2.24, 2.45) is 11.8 Å². The minimum Gasteiger partial charge on any atom is -0.379 e. The van der Waals surface area contributed by atoms with Gasteiger partial charge in [-0.2, -0.15) is 0 Å². The predicted octanol–water partition coefficient (Wildman–Crippen LogP) is 3.44. The molecule has 10 N–H and O–H groups in total. The predicted molar refractivity (Wildman–Crippen MR) is 342 cm³/mol. The van der Waals surface area contributed by atoms with Crippen molar-refractivity contribution in [2.75, 3.05) is 50.9 Å². The van der Waals surface area contributed by atoms with Crippen LogP contribution in [0.2, 0.25) is 0 Å². The summed E-state index contributed by atoms with van der Waals surface area (Å²) in [6.45, 7) is 3.70. The Morgan fingerprint density at radius 1 is 0.456 bits per heavy atom. The molecule has 0 aliphatic carbocycles. The molecule has 10 unspecified atom stereocenters. The molecule has 0 aromatic heterocycles. The van der Waals surface area contributed by atoms with Gasteiger partial charge in [0.15, 0.2) is 0 Å². The van der Waals surface area contributed by atoms with E-state index in [1.54, 1.807) is 23.9 Å². The second-order valence-corrected chi connectivity index (χ2v) is 24.0. The maximum Gasteiger partial charge on any atom is 0.253 e. The molecule has 4 heterocycles. The lowest BCUT2D eigenvalue weighted by Crippen LogP contribution is -2.59. The molecule has 22 nitrogen and oxygen atoms in total. The van der Waals surface area contributed by atoms with Gasteiger partial charge in [0.05, 0.1) is 24.2 Å². The average molecular weight is 1230 g/mol. The van der Waals surface area contributed by atoms with E-state index >= 15 is 0 Å². The second kappa shape index (κ2) is 31.1. The number of rotatable bonds is 28. The third kappa shape index (κ3) is 15.4. The van der Waals surface area contributed by atoms with Crippen molar-refractivity contribution in [3.05, 3.63) is 164 Å². The quantitative estimate of drug-likeness (QED) is 0.0321. The molecule has 5 aromatic carbocycles. The highest BCUT2D eigenvalue weighted by Crippen LogP contribution is 2.37. The Labute approximate surface area is 525 Å². The number of carbonyl (C=O) groups is 8. The Morgan fingerprint density at radius 3 is 1.09 bits per heavy atom. The van der Waals surface area contributed by atoms with Gasteiger partial charge in [-0.3, -0.25) is 47.9 Å². The summed E-state index contributed by atoms with van der Waals surface area (Å²) in [4.78, 5) is 142. The smallest absolute Gasteiger partial charge is 0.253 e. The van der Waals surface area contributed by atoms with Gasteiger partial charge >= 0.3 is 0 Å². The summed E-state index contributed by atoms with van der Waals surface area (Å²) in [6, 6.07) is 32.2. The van der Waals surface area contributed by atoms with E-state index in [1.165, 1.54) is 0 Å². The van der Waals surface area contributed by atoms with Gasteiger partial charge in [-0.1, -0.05) is 135 Å². The fourth-order valence-electron chi connectivity index (χ4n) is 13.5. The van der Waals surface area contributed by atoms with Crippen molar-refractivity contribution in [1.29, 1.82) is 0 Å². The number of nitrogens with one attached hydrogen (secondary N) is 10. The van der Waals surface area contributed by atoms with Gasteiger partial charge < -0.3 is 63.0 Å². The number of carbonyl (C=O) groups excluding carboxylic acids is 8. The van der Waals surface area contributed by atoms with Gasteiger partial charge in [0.1, 0.15) is 35.5 Å². The minimum atomic E-state index is -1.05. The molecule has 0 bridgehead atoms. The molecular weight excluding hydrogens is 1140 g/mol. The first-order chi connectivity index (χ1) is 43.6. The van der Waals surface area contributed by atoms with Crippen molar-refractivity contribution in [3.63, 3.8) is 0 Å². The third-order valence-corrected chi connectivity index (χ3v) is 18.5. The molecule has 5 aromatic rings. The van der Waals surface area contributed by atoms with E-state index in [-0.39, 0.29) is 97.9 Å². The highest BCUT2D eigenvalue weighted by molar-refractivity contribution is 5.96. The number of amides is 8. The molecule has 478 valence electrons. The summed E-state index contributed by atoms with van der Waals surface area (Å²) in [7, 11) is 3.33. The molecule has 8 amide bonds. The number of anilines is 2. The fourth-order valence-corrected chi connectivity index (χ4v) is 13.5. The van der Waals surface area contributed by atoms with Crippen molar-refractivity contribution >= 4 is 58.6 Å². The number of fused-ring (bicyclic) bond motifs is 2. The molecule has 4 aliphatic heterocycles. The van der Waals surface area contributed by atoms with E-state index in [2.05, 4.69) is 53.2 Å². The van der Waals surface area contributed by atoms with Crippen LogP contribution in [0.25, 0.3) is 0 Å². The van der Waals surface area contributed by atoms with Crippen molar-refractivity contribution in [1.82, 2.24) is 52.3 Å². The van der Waals surface area contributed by atoms with E-state index in [0.29, 0.717) is 64.2 Å². The average Bonchev–Trinajstić information content (AvgIpc) is 1.49. The Kier molecular flexibility index (Phi) is 22.7. The van der Waals surface area contributed by atoms with Crippen molar-refractivity contribution < 1.29 is 38.4 Å². The largest absolute Gasteiger partial charge is 0.379 e. The Balaban J connectivity index is 0.777. The standard InChI is InChI=1S/C68H86N12O10/c1-5-49(69-3)63(85)77-57-45(27-29-47-31-33-51(79(47)67(57)89)65(87)75-55(41-19-11-7-12-20-41)42-21-13-8-14-22-42)39-73-53(81)35-37-71-59-60(62(84)61(59)83)72-38-36-54(82)74-40-46-28-30-48-32-34-52(80(48)68(90)58(46)78-64(86)50(6-2)70-4)66(88)76-56(43-23-15-9-16-24-43)44-25-17-10-18-26-44/h7-26,45-52,55-58,69-72H,5-6,27-40H2,1-4H3,(H,73,81)(H,74,82)(H,75,87)(H,76,88)(H,77,85)(H,78,86). The number of nitrogens with zero attached hydrogens (tertiary/aromatic N) is 2. The highest BCUT2D eigenvalue weighted by atomic mass is 16.2. The zero-order valence-electron chi connectivity index (χ0n) is 51.8. The maximum atomic E-state index is 14.8. The molecule has 4 saturated heterocycles. The van der Waals surface area contributed by atoms with E-state index in [4.69, 9.17) is 0 Å². The van der Waals surface area contributed by atoms with Crippen LogP contribution in [0.1, 0.15) is 125 Å². The Morgan fingerprint density at radius 2 is 0.778 bits per heavy atom. The summed E-state index contributed by atoms with van der Waals surface area (Å²) < 4.78 is 0. The first kappa shape index (κ1) is 65.7. The summed E-state index contributed by atoms with van der Waals surface area (Å²) in [5, 5.41) is 30.1. The Hall–Kier alpha value is -8.76. The van der Waals surface area contributed by atoms with Crippen LogP contribution in [0.5, 0.6) is 0 Å². The van der Waals surface area contributed by atoms with Crippen molar-refractivity contribution in [2.45, 2.75) is 151 Å². The van der Waals surface area contributed by atoms with E-state index in [9.17, 15) is 47.9 Å². The van der Waals surface area contributed by atoms with Gasteiger partial charge in [-0.15, -0.1) is 0 Å². The number of likely N-dealkylation sites (N-methyl/N-ethyl adjacent to an activating group) is 2. The number of benzene rings is 4. The first-order valence-corrected chi connectivity index (χ1v) is 31.9. The molecule has 10 atom stereocenters. The lowest BCUT2D eigenvalue weighted by Gasteiger charge is -2.33. The van der Waals surface area contributed by atoms with Crippen LogP contribution in [-0.4, -0.2) is 146 Å². The molecule has 90 heavy (non-hydrogen) atoms. The lowest BCUT2D eigenvalue weighted by molar-refractivity contribution is -0.143. The van der Waals surface area contributed by atoms with Crippen LogP contribution in [-0.2, 0) is 38.4 Å². The lowest BCUT2D eigenvalue weighted by atomic mass is 9.92. The topological polar surface area (TPSA) is 297 Å². The van der Waals surface area contributed by atoms with Crippen molar-refractivity contribution in [3.8, 4) is 0 Å². The van der Waals surface area contributed by atoms with Crippen LogP contribution in [0.3, 0.4) is 0 Å². The summed E-state index contributed by atoms with van der Waals surface area (Å²) in [6.07, 6.45) is 4.77. The first-order valence-electron chi connectivity index (χ1n) is 31.9. The van der Waals surface area contributed by atoms with Crippen LogP contribution in [0.4, 0.5) is 11.4 Å². The van der Waals surface area contributed by atoms with Crippen LogP contribution < -0.4 is 64.0 Å². The van der Waals surface area contributed by atoms with E-state index in [1.807, 2.05) is 135 Å². The summed E-state index contributed by atoms with van der Waals surface area (Å²) in [5.41, 5.74) is 1.93. The molecule has 4 aliphatic rings. The third-order valence-electron chi connectivity index (χ3n) is 18.5. The molecule has 0 radical (unpaired) electrons. The van der Waals surface area contributed by atoms with Crippen LogP contribution in [0.15, 0.2) is 131 Å². The Bertz CT molecular complexity index is 3060. The van der Waals surface area contributed by atoms with Crippen LogP contribution in [0, 0.1) is 11.8 Å². The summed E-state index contributed by atoms with van der Waals surface area (Å²) >= 11 is 0. The number of hydrogen-bond acceptors (Lipinski definition) is 14. The maximum absolute atomic E-state index is 14.8. The van der Waals surface area contributed by atoms with Gasteiger partial charge in [-0.05, 0) is 101 Å². The number of hydrogen-bond donors (Lipinski definition) is 10. The van der Waals surface area contributed by atoms with Crippen LogP contribution >= 0.6 is 0 Å². The van der Waals surface area contributed by atoms with Gasteiger partial charge in [0.2, 0.25) is 47.3 Å². The fraction of sp³-hybridized carbons (Fsp3) is 0.471. The zero-order chi connectivity index (χ0) is 63.8. The van der Waals surface area contributed by atoms with Gasteiger partial charge in [-0.25, -0.2) is 0 Å². The minimum absolute atomic E-state index is 0.0240. The molecule has 0 saturated carbocycles. The zero-order valence-corrected chi connectivity index (χ0v) is 51.8. The second-order valence-electron chi connectivity index (χ2n) is 24.0. The summed E-state index contributed by atoms with van der Waals surface area (Å²) in [5.74, 6) is -4.00. The molecular formula is C68H86N12O10. The van der Waals surface area contributed by atoms with Gasteiger partial charge in [0, 0.05) is 62.9 Å². The molecule has 0 spiro atoms. The SMILES string of the molecule is CCC(NC)C(=O)NC1C(=O)N2C(CCC1CNC(=O)CCNc1c(NCCC(=O)NCC3CCC4CCC(C(=O)NC(c5ccccc5)c5ccccc5)N4C(=O)C3NC(=O)C(CC)NC)c(=O)c1=O)CCC2C(=O)NC(c1ccccc1)c1ccccc1.